The van der Waals surface area contributed by atoms with E-state index in [0.717, 1.165) is 16.9 Å². The lowest BCUT2D eigenvalue weighted by molar-refractivity contribution is -0.142. The van der Waals surface area contributed by atoms with Crippen LogP contribution < -0.4 is 14.8 Å². The Morgan fingerprint density at radius 2 is 1.41 bits per heavy atom. The average molecular weight is 514 g/mol. The summed E-state index contributed by atoms with van der Waals surface area (Å²) in [5.41, 5.74) is 2.24. The Morgan fingerprint density at radius 1 is 0.757 bits per heavy atom. The van der Waals surface area contributed by atoms with E-state index in [9.17, 15) is 9.59 Å². The van der Waals surface area contributed by atoms with Crippen LogP contribution in [0.25, 0.3) is 6.08 Å². The first kappa shape index (κ1) is 25.5. The molecule has 0 aliphatic rings. The highest BCUT2D eigenvalue weighted by Gasteiger charge is 2.07. The minimum absolute atomic E-state index is 0.356. The summed E-state index contributed by atoms with van der Waals surface area (Å²) in [5.74, 6) is 0.966. The molecular weight excluding hydrogens is 490 g/mol. The highest BCUT2D eigenvalue weighted by molar-refractivity contribution is 6.31. The van der Waals surface area contributed by atoms with Gasteiger partial charge in [0.1, 0.15) is 23.9 Å². The third kappa shape index (κ3) is 8.26. The van der Waals surface area contributed by atoms with Crippen LogP contribution in [-0.2, 0) is 20.9 Å². The van der Waals surface area contributed by atoms with Crippen LogP contribution in [0, 0.1) is 0 Å². The second-order valence-corrected chi connectivity index (χ2v) is 8.29. The summed E-state index contributed by atoms with van der Waals surface area (Å²) >= 11 is 6.14. The third-order valence-electron chi connectivity index (χ3n) is 5.11. The molecule has 7 heteroatoms. The molecule has 0 saturated heterocycles. The Hall–Kier alpha value is -4.55. The lowest BCUT2D eigenvalue weighted by Crippen LogP contribution is -2.20. The van der Waals surface area contributed by atoms with Gasteiger partial charge >= 0.3 is 5.97 Å². The van der Waals surface area contributed by atoms with Gasteiger partial charge in [-0.2, -0.15) is 0 Å². The fraction of sp³-hybridized carbons (Fsp3) is 0.0667. The van der Waals surface area contributed by atoms with Crippen LogP contribution >= 0.6 is 11.6 Å². The van der Waals surface area contributed by atoms with Crippen molar-refractivity contribution in [2.45, 2.75) is 6.61 Å². The predicted molar refractivity (Wildman–Crippen MR) is 144 cm³/mol. The summed E-state index contributed by atoms with van der Waals surface area (Å²) in [6.07, 6.45) is 2.87. The Morgan fingerprint density at radius 3 is 2.14 bits per heavy atom. The van der Waals surface area contributed by atoms with E-state index in [4.69, 9.17) is 25.8 Å². The van der Waals surface area contributed by atoms with Gasteiger partial charge in [-0.25, -0.2) is 4.79 Å². The molecule has 0 aliphatic heterocycles. The lowest BCUT2D eigenvalue weighted by Gasteiger charge is -2.08. The van der Waals surface area contributed by atoms with Crippen LogP contribution in [0.4, 0.5) is 5.69 Å². The van der Waals surface area contributed by atoms with Crippen molar-refractivity contribution in [3.63, 3.8) is 0 Å². The molecule has 4 rings (SSSR count). The maximum absolute atomic E-state index is 12.1. The van der Waals surface area contributed by atoms with E-state index in [-0.39, 0.29) is 0 Å². The summed E-state index contributed by atoms with van der Waals surface area (Å²) < 4.78 is 16.5. The normalized spacial score (nSPS) is 10.6. The van der Waals surface area contributed by atoms with E-state index >= 15 is 0 Å². The fourth-order valence-corrected chi connectivity index (χ4v) is 3.42. The smallest absolute Gasteiger partial charge is 0.331 e. The van der Waals surface area contributed by atoms with Crippen LogP contribution in [0.3, 0.4) is 0 Å². The number of carbonyl (C=O) groups excluding carboxylic acids is 2. The van der Waals surface area contributed by atoms with E-state index in [1.807, 2.05) is 66.7 Å². The second kappa shape index (κ2) is 13.0. The maximum atomic E-state index is 12.1. The number of hydrogen-bond donors (Lipinski definition) is 1. The molecule has 0 aliphatic carbocycles. The number of benzene rings is 4. The van der Waals surface area contributed by atoms with Crippen molar-refractivity contribution in [1.29, 1.82) is 0 Å². The van der Waals surface area contributed by atoms with Gasteiger partial charge in [0.05, 0.1) is 0 Å². The first-order valence-corrected chi connectivity index (χ1v) is 11.9. The van der Waals surface area contributed by atoms with Gasteiger partial charge in [-0.1, -0.05) is 60.1 Å². The molecule has 0 fully saturated rings. The van der Waals surface area contributed by atoms with Crippen LogP contribution in [0.1, 0.15) is 11.1 Å². The molecule has 0 radical (unpaired) electrons. The number of nitrogens with one attached hydrogen (secondary N) is 1. The Kier molecular flexibility index (Phi) is 8.94. The number of rotatable bonds is 10. The van der Waals surface area contributed by atoms with Crippen LogP contribution in [-0.4, -0.2) is 18.5 Å². The molecule has 186 valence electrons. The van der Waals surface area contributed by atoms with Gasteiger partial charge in [-0.15, -0.1) is 0 Å². The Bertz CT molecular complexity index is 1350. The van der Waals surface area contributed by atoms with E-state index in [1.165, 1.54) is 6.08 Å². The molecule has 1 amide bonds. The zero-order valence-electron chi connectivity index (χ0n) is 19.8. The van der Waals surface area contributed by atoms with Crippen molar-refractivity contribution in [1.82, 2.24) is 0 Å². The number of anilines is 1. The fourth-order valence-electron chi connectivity index (χ4n) is 3.23. The molecule has 1 N–H and O–H groups in total. The van der Waals surface area contributed by atoms with Crippen LogP contribution in [0.15, 0.2) is 109 Å². The van der Waals surface area contributed by atoms with Gasteiger partial charge in [-0.3, -0.25) is 4.79 Å². The second-order valence-electron chi connectivity index (χ2n) is 7.88. The quantitative estimate of drug-likeness (QED) is 0.184. The largest absolute Gasteiger partial charge is 0.489 e. The van der Waals surface area contributed by atoms with Crippen molar-refractivity contribution in [2.75, 3.05) is 11.9 Å². The van der Waals surface area contributed by atoms with Crippen molar-refractivity contribution in [3.05, 3.63) is 125 Å². The highest BCUT2D eigenvalue weighted by Crippen LogP contribution is 2.23. The van der Waals surface area contributed by atoms with Crippen molar-refractivity contribution >= 4 is 35.2 Å². The summed E-state index contributed by atoms with van der Waals surface area (Å²) in [5, 5.41) is 3.33. The number of para-hydroxylation sites is 1. The van der Waals surface area contributed by atoms with Gasteiger partial charge < -0.3 is 19.5 Å². The summed E-state index contributed by atoms with van der Waals surface area (Å²) in [6, 6.07) is 31.0. The predicted octanol–water partition coefficient (Wildman–Crippen LogP) is 6.91. The monoisotopic (exact) mass is 513 g/mol. The van der Waals surface area contributed by atoms with E-state index < -0.39 is 18.5 Å². The van der Waals surface area contributed by atoms with Gasteiger partial charge in [0.15, 0.2) is 6.61 Å². The molecule has 0 spiro atoms. The van der Waals surface area contributed by atoms with E-state index in [0.29, 0.717) is 28.8 Å². The third-order valence-corrected chi connectivity index (χ3v) is 5.48. The molecule has 4 aromatic carbocycles. The molecule has 37 heavy (non-hydrogen) atoms. The Balaban J connectivity index is 1.18. The number of amides is 1. The number of esters is 1. The molecule has 0 atom stereocenters. The van der Waals surface area contributed by atoms with Crippen LogP contribution in [0.2, 0.25) is 5.02 Å². The molecule has 4 aromatic rings. The van der Waals surface area contributed by atoms with Gasteiger partial charge in [-0.05, 0) is 66.2 Å². The van der Waals surface area contributed by atoms with Crippen LogP contribution in [0.5, 0.6) is 17.2 Å². The minimum Gasteiger partial charge on any atom is -0.489 e. The van der Waals surface area contributed by atoms with Gasteiger partial charge in [0, 0.05) is 22.3 Å². The van der Waals surface area contributed by atoms with E-state index in [2.05, 4.69) is 5.32 Å². The van der Waals surface area contributed by atoms with Crippen molar-refractivity contribution in [3.8, 4) is 17.2 Å². The molecule has 6 nitrogen and oxygen atoms in total. The lowest BCUT2D eigenvalue weighted by atomic mass is 10.2. The minimum atomic E-state index is -0.624. The first-order valence-electron chi connectivity index (χ1n) is 11.5. The molecule has 0 saturated carbocycles. The SMILES string of the molecule is O=C(COC(=O)/C=C/c1ccc(OCc2ccccc2Cl)cc1)Nc1ccc(Oc2ccccc2)cc1. The summed E-state index contributed by atoms with van der Waals surface area (Å²) in [4.78, 5) is 24.1. The zero-order chi connectivity index (χ0) is 25.9. The van der Waals surface area contributed by atoms with Gasteiger partial charge in [0.25, 0.3) is 5.91 Å². The highest BCUT2D eigenvalue weighted by atomic mass is 35.5. The Labute approximate surface area is 220 Å². The topological polar surface area (TPSA) is 73.9 Å². The number of halogens is 1. The maximum Gasteiger partial charge on any atom is 0.331 e. The van der Waals surface area contributed by atoms with Crippen molar-refractivity contribution in [2.24, 2.45) is 0 Å². The number of hydrogen-bond acceptors (Lipinski definition) is 5. The first-order chi connectivity index (χ1) is 18.0. The van der Waals surface area contributed by atoms with Gasteiger partial charge in [0.2, 0.25) is 0 Å². The molecule has 0 unspecified atom stereocenters. The number of ether oxygens (including phenoxy) is 3. The molecule has 0 aromatic heterocycles. The molecule has 0 heterocycles. The number of carbonyl (C=O) groups is 2. The standard InChI is InChI=1S/C30H24ClNO5/c31-28-9-5-4-6-23(28)20-35-25-15-10-22(11-16-25)12-19-30(34)36-21-29(33)32-24-13-17-27(18-14-24)37-26-7-2-1-3-8-26/h1-19H,20-21H2,(H,32,33)/b19-12+. The summed E-state index contributed by atoms with van der Waals surface area (Å²) in [7, 11) is 0. The molecular formula is C30H24ClNO5. The average Bonchev–Trinajstić information content (AvgIpc) is 2.92. The van der Waals surface area contributed by atoms with Crippen molar-refractivity contribution < 1.29 is 23.8 Å². The zero-order valence-corrected chi connectivity index (χ0v) is 20.6. The summed E-state index contributed by atoms with van der Waals surface area (Å²) in [6.45, 7) is -0.0465. The molecule has 0 bridgehead atoms. The van der Waals surface area contributed by atoms with E-state index in [1.54, 1.807) is 42.5 Å².